The van der Waals surface area contributed by atoms with Crippen LogP contribution in [0.4, 0.5) is 0 Å². The van der Waals surface area contributed by atoms with Gasteiger partial charge in [0.15, 0.2) is 0 Å². The maximum absolute atomic E-state index is 12.7. The standard InChI is InChI=1S/C18H28N2O3S/c1-14(2)18(20-8-10-23-11-9-20)13-19-24(21,22)17-7-6-15-4-3-5-16(15)12-17/h6-7,12,14,18-19H,3-5,8-11,13H2,1-2H3. The normalized spacial score (nSPS) is 20.3. The molecule has 1 N–H and O–H groups in total. The van der Waals surface area contributed by atoms with E-state index in [4.69, 9.17) is 4.74 Å². The van der Waals surface area contributed by atoms with Gasteiger partial charge in [-0.05, 0) is 48.4 Å². The summed E-state index contributed by atoms with van der Waals surface area (Å²) in [7, 11) is -3.46. The van der Waals surface area contributed by atoms with E-state index in [9.17, 15) is 8.42 Å². The fraction of sp³-hybridized carbons (Fsp3) is 0.667. The van der Waals surface area contributed by atoms with Crippen molar-refractivity contribution in [2.75, 3.05) is 32.8 Å². The van der Waals surface area contributed by atoms with Crippen LogP contribution in [0.2, 0.25) is 0 Å². The average Bonchev–Trinajstić information content (AvgIpc) is 3.03. The fourth-order valence-electron chi connectivity index (χ4n) is 3.69. The first-order valence-electron chi connectivity index (χ1n) is 8.90. The molecule has 0 bridgehead atoms. The van der Waals surface area contributed by atoms with Gasteiger partial charge in [-0.2, -0.15) is 0 Å². The largest absolute Gasteiger partial charge is 0.379 e. The Labute approximate surface area is 145 Å². The molecule has 1 atom stereocenters. The van der Waals surface area contributed by atoms with Crippen LogP contribution in [0.5, 0.6) is 0 Å². The molecule has 0 spiro atoms. The zero-order valence-electron chi connectivity index (χ0n) is 14.6. The van der Waals surface area contributed by atoms with E-state index in [0.29, 0.717) is 17.4 Å². The van der Waals surface area contributed by atoms with Gasteiger partial charge in [0.1, 0.15) is 0 Å². The number of ether oxygens (including phenoxy) is 1. The SMILES string of the molecule is CC(C)C(CNS(=O)(=O)c1ccc2c(c1)CCC2)N1CCOCC1. The molecule has 3 rings (SSSR count). The van der Waals surface area contributed by atoms with Gasteiger partial charge in [0, 0.05) is 25.7 Å². The molecule has 0 radical (unpaired) electrons. The van der Waals surface area contributed by atoms with E-state index in [2.05, 4.69) is 23.5 Å². The van der Waals surface area contributed by atoms with Gasteiger partial charge in [0.2, 0.25) is 10.0 Å². The van der Waals surface area contributed by atoms with Crippen LogP contribution in [0, 0.1) is 5.92 Å². The van der Waals surface area contributed by atoms with E-state index in [1.165, 1.54) is 11.1 Å². The molecule has 5 nitrogen and oxygen atoms in total. The third-order valence-corrected chi connectivity index (χ3v) is 6.57. The number of morpholine rings is 1. The maximum Gasteiger partial charge on any atom is 0.240 e. The number of rotatable bonds is 6. The van der Waals surface area contributed by atoms with Crippen molar-refractivity contribution in [3.63, 3.8) is 0 Å². The Bertz CT molecular complexity index is 667. The molecule has 1 saturated heterocycles. The molecule has 1 aromatic carbocycles. The Balaban J connectivity index is 1.69. The summed E-state index contributed by atoms with van der Waals surface area (Å²) in [5.74, 6) is 0.380. The maximum atomic E-state index is 12.7. The molecule has 24 heavy (non-hydrogen) atoms. The van der Waals surface area contributed by atoms with Crippen molar-refractivity contribution < 1.29 is 13.2 Å². The van der Waals surface area contributed by atoms with E-state index in [1.807, 2.05) is 12.1 Å². The number of fused-ring (bicyclic) bond motifs is 1. The van der Waals surface area contributed by atoms with Gasteiger partial charge >= 0.3 is 0 Å². The van der Waals surface area contributed by atoms with Crippen molar-refractivity contribution in [1.29, 1.82) is 0 Å². The van der Waals surface area contributed by atoms with Crippen LogP contribution >= 0.6 is 0 Å². The molecule has 0 amide bonds. The van der Waals surface area contributed by atoms with Gasteiger partial charge in [-0.3, -0.25) is 4.90 Å². The van der Waals surface area contributed by atoms with Crippen LogP contribution in [-0.2, 0) is 27.6 Å². The highest BCUT2D eigenvalue weighted by atomic mass is 32.2. The number of hydrogen-bond acceptors (Lipinski definition) is 4. The number of sulfonamides is 1. The Morgan fingerprint density at radius 1 is 1.17 bits per heavy atom. The summed E-state index contributed by atoms with van der Waals surface area (Å²) in [6.45, 7) is 7.90. The molecule has 1 aromatic rings. The summed E-state index contributed by atoms with van der Waals surface area (Å²) in [5, 5.41) is 0. The first-order chi connectivity index (χ1) is 11.5. The molecule has 1 aliphatic heterocycles. The highest BCUT2D eigenvalue weighted by Gasteiger charge is 2.26. The van der Waals surface area contributed by atoms with Crippen LogP contribution in [0.3, 0.4) is 0 Å². The van der Waals surface area contributed by atoms with Crippen LogP contribution in [-0.4, -0.2) is 52.2 Å². The van der Waals surface area contributed by atoms with Gasteiger partial charge in [0.05, 0.1) is 18.1 Å². The molecule has 0 aromatic heterocycles. The van der Waals surface area contributed by atoms with Gasteiger partial charge in [0.25, 0.3) is 0 Å². The molecule has 134 valence electrons. The van der Waals surface area contributed by atoms with Crippen molar-refractivity contribution in [2.24, 2.45) is 5.92 Å². The van der Waals surface area contributed by atoms with Crippen LogP contribution in [0.15, 0.2) is 23.1 Å². The lowest BCUT2D eigenvalue weighted by Gasteiger charge is -2.36. The first-order valence-corrected chi connectivity index (χ1v) is 10.4. The Morgan fingerprint density at radius 3 is 2.58 bits per heavy atom. The molecule has 1 unspecified atom stereocenters. The number of hydrogen-bond donors (Lipinski definition) is 1. The molecule has 1 heterocycles. The predicted molar refractivity (Wildman–Crippen MR) is 94.7 cm³/mol. The van der Waals surface area contributed by atoms with Crippen molar-refractivity contribution in [2.45, 2.75) is 44.0 Å². The number of nitrogens with zero attached hydrogens (tertiary/aromatic N) is 1. The summed E-state index contributed by atoms with van der Waals surface area (Å²) in [6, 6.07) is 5.76. The lowest BCUT2D eigenvalue weighted by Crippen LogP contribution is -2.51. The summed E-state index contributed by atoms with van der Waals surface area (Å²) >= 11 is 0. The lowest BCUT2D eigenvalue weighted by atomic mass is 10.0. The zero-order valence-corrected chi connectivity index (χ0v) is 15.4. The molecule has 1 fully saturated rings. The minimum absolute atomic E-state index is 0.193. The van der Waals surface area contributed by atoms with E-state index < -0.39 is 10.0 Å². The van der Waals surface area contributed by atoms with Gasteiger partial charge < -0.3 is 4.74 Å². The summed E-state index contributed by atoms with van der Waals surface area (Å²) < 4.78 is 33.6. The minimum Gasteiger partial charge on any atom is -0.379 e. The number of benzene rings is 1. The van der Waals surface area contributed by atoms with E-state index in [-0.39, 0.29) is 6.04 Å². The average molecular weight is 353 g/mol. The fourth-order valence-corrected chi connectivity index (χ4v) is 4.79. The molecule has 6 heteroatoms. The minimum atomic E-state index is -3.46. The highest BCUT2D eigenvalue weighted by Crippen LogP contribution is 2.24. The Hall–Kier alpha value is -0.950. The predicted octanol–water partition coefficient (Wildman–Crippen LogP) is 1.81. The Morgan fingerprint density at radius 2 is 1.88 bits per heavy atom. The van der Waals surface area contributed by atoms with E-state index >= 15 is 0 Å². The second-order valence-electron chi connectivity index (χ2n) is 7.10. The molecular formula is C18H28N2O3S. The van der Waals surface area contributed by atoms with E-state index in [1.54, 1.807) is 6.07 Å². The van der Waals surface area contributed by atoms with Crippen molar-refractivity contribution in [3.8, 4) is 0 Å². The topological polar surface area (TPSA) is 58.6 Å². The second-order valence-corrected chi connectivity index (χ2v) is 8.86. The summed E-state index contributed by atoms with van der Waals surface area (Å²) in [4.78, 5) is 2.73. The van der Waals surface area contributed by atoms with Crippen molar-refractivity contribution >= 4 is 10.0 Å². The van der Waals surface area contributed by atoms with E-state index in [0.717, 1.165) is 45.6 Å². The third-order valence-electron chi connectivity index (χ3n) is 5.15. The van der Waals surface area contributed by atoms with Gasteiger partial charge in [-0.1, -0.05) is 19.9 Å². The van der Waals surface area contributed by atoms with Crippen LogP contribution in [0.1, 0.15) is 31.4 Å². The number of nitrogens with one attached hydrogen (secondary N) is 1. The molecule has 0 saturated carbocycles. The van der Waals surface area contributed by atoms with Crippen molar-refractivity contribution in [1.82, 2.24) is 9.62 Å². The highest BCUT2D eigenvalue weighted by molar-refractivity contribution is 7.89. The first kappa shape index (κ1) is 17.9. The molecule has 2 aliphatic rings. The molecule has 1 aliphatic carbocycles. The van der Waals surface area contributed by atoms with Gasteiger partial charge in [-0.25, -0.2) is 13.1 Å². The van der Waals surface area contributed by atoms with Gasteiger partial charge in [-0.15, -0.1) is 0 Å². The Kier molecular flexibility index (Phi) is 5.59. The summed E-state index contributed by atoms with van der Waals surface area (Å²) in [5.41, 5.74) is 2.48. The second kappa shape index (κ2) is 7.52. The lowest BCUT2D eigenvalue weighted by molar-refractivity contribution is 0.00776. The van der Waals surface area contributed by atoms with Crippen LogP contribution in [0.25, 0.3) is 0 Å². The third kappa shape index (κ3) is 3.99. The smallest absolute Gasteiger partial charge is 0.240 e. The number of aryl methyl sites for hydroxylation is 2. The van der Waals surface area contributed by atoms with Crippen molar-refractivity contribution in [3.05, 3.63) is 29.3 Å². The zero-order chi connectivity index (χ0) is 17.2. The molecular weight excluding hydrogens is 324 g/mol. The quantitative estimate of drug-likeness (QED) is 0.848. The monoisotopic (exact) mass is 352 g/mol. The van der Waals surface area contributed by atoms with Crippen LogP contribution < -0.4 is 4.72 Å². The summed E-state index contributed by atoms with van der Waals surface area (Å²) in [6.07, 6.45) is 3.18.